The molecule has 0 atom stereocenters. The van der Waals surface area contributed by atoms with E-state index in [2.05, 4.69) is 68.4 Å². The molecule has 3 rings (SSSR count). The number of imidazole rings is 1. The Kier molecular flexibility index (Phi) is 10.1. The van der Waals surface area contributed by atoms with E-state index < -0.39 is 0 Å². The van der Waals surface area contributed by atoms with Gasteiger partial charge in [-0.15, -0.1) is 0 Å². The number of para-hydroxylation sites is 1. The molecule has 0 bridgehead atoms. The van der Waals surface area contributed by atoms with E-state index in [1.54, 1.807) is 6.33 Å². The first-order chi connectivity index (χ1) is 14.1. The van der Waals surface area contributed by atoms with Crippen LogP contribution in [-0.4, -0.2) is 23.9 Å². The van der Waals surface area contributed by atoms with E-state index in [4.69, 9.17) is 4.74 Å². The SMILES string of the molecule is CCOc1ccccc1[B]Cc1ccccc1.Cc1[nH]cnc1CCCC(C)C. The van der Waals surface area contributed by atoms with Crippen molar-refractivity contribution in [3.63, 3.8) is 0 Å². The molecule has 1 radical (unpaired) electrons. The van der Waals surface area contributed by atoms with Crippen LogP contribution in [0.25, 0.3) is 0 Å². The number of aromatic nitrogens is 2. The Hall–Kier alpha value is -2.49. The minimum atomic E-state index is 0.705. The van der Waals surface area contributed by atoms with Gasteiger partial charge < -0.3 is 9.72 Å². The number of H-pyrrole nitrogens is 1. The Labute approximate surface area is 177 Å². The Morgan fingerprint density at radius 1 is 1.03 bits per heavy atom. The van der Waals surface area contributed by atoms with Crippen molar-refractivity contribution >= 4 is 12.7 Å². The van der Waals surface area contributed by atoms with Gasteiger partial charge in [0.1, 0.15) is 5.75 Å². The smallest absolute Gasteiger partial charge is 0.161 e. The lowest BCUT2D eigenvalue weighted by atomic mass is 9.65. The molecule has 0 aliphatic heterocycles. The Morgan fingerprint density at radius 3 is 2.41 bits per heavy atom. The minimum Gasteiger partial charge on any atom is -0.494 e. The Morgan fingerprint density at radius 2 is 1.76 bits per heavy atom. The minimum absolute atomic E-state index is 0.705. The highest BCUT2D eigenvalue weighted by molar-refractivity contribution is 6.54. The molecular weight excluding hydrogens is 355 g/mol. The molecular formula is C25H34BN2O. The van der Waals surface area contributed by atoms with Gasteiger partial charge in [0.2, 0.25) is 0 Å². The maximum atomic E-state index is 5.59. The van der Waals surface area contributed by atoms with Crippen LogP contribution >= 0.6 is 0 Å². The predicted octanol–water partition coefficient (Wildman–Crippen LogP) is 5.31. The van der Waals surface area contributed by atoms with Crippen LogP contribution in [0.2, 0.25) is 0 Å². The quantitative estimate of drug-likeness (QED) is 0.504. The van der Waals surface area contributed by atoms with Crippen molar-refractivity contribution in [1.29, 1.82) is 0 Å². The highest BCUT2D eigenvalue weighted by Crippen LogP contribution is 2.10. The monoisotopic (exact) mass is 389 g/mol. The summed E-state index contributed by atoms with van der Waals surface area (Å²) < 4.78 is 5.59. The van der Waals surface area contributed by atoms with Crippen LogP contribution in [0.15, 0.2) is 60.9 Å². The summed E-state index contributed by atoms with van der Waals surface area (Å²) in [5.41, 5.74) is 4.94. The maximum absolute atomic E-state index is 5.59. The summed E-state index contributed by atoms with van der Waals surface area (Å²) >= 11 is 0. The molecule has 0 aliphatic carbocycles. The fourth-order valence-corrected chi connectivity index (χ4v) is 3.09. The molecule has 1 heterocycles. The molecule has 0 spiro atoms. The molecule has 0 saturated carbocycles. The van der Waals surface area contributed by atoms with Crippen molar-refractivity contribution in [2.24, 2.45) is 5.92 Å². The van der Waals surface area contributed by atoms with Crippen molar-refractivity contribution in [3.05, 3.63) is 77.9 Å². The molecule has 0 fully saturated rings. The summed E-state index contributed by atoms with van der Waals surface area (Å²) in [6.07, 6.45) is 6.38. The maximum Gasteiger partial charge on any atom is 0.161 e. The zero-order valence-electron chi connectivity index (χ0n) is 18.3. The molecule has 3 nitrogen and oxygen atoms in total. The van der Waals surface area contributed by atoms with Gasteiger partial charge in [-0.25, -0.2) is 4.98 Å². The van der Waals surface area contributed by atoms with Crippen molar-refractivity contribution in [3.8, 4) is 5.75 Å². The van der Waals surface area contributed by atoms with Gasteiger partial charge in [0.25, 0.3) is 0 Å². The predicted molar refractivity (Wildman–Crippen MR) is 124 cm³/mol. The van der Waals surface area contributed by atoms with Crippen LogP contribution in [0.4, 0.5) is 0 Å². The molecule has 153 valence electrons. The third-order valence-corrected chi connectivity index (χ3v) is 4.75. The van der Waals surface area contributed by atoms with Crippen LogP contribution < -0.4 is 10.2 Å². The fraction of sp³-hybridized carbons (Fsp3) is 0.400. The largest absolute Gasteiger partial charge is 0.494 e. The highest BCUT2D eigenvalue weighted by atomic mass is 16.5. The van der Waals surface area contributed by atoms with E-state index in [0.29, 0.717) is 6.61 Å². The standard InChI is InChI=1S/C15H16BO.C10H18N2/c1-2-17-15-11-7-6-10-14(15)16-12-13-8-4-3-5-9-13;1-8(2)5-4-6-10-9(3)11-7-12-10/h3-11H,2,12H2,1H3;7-8H,4-6H2,1-3H3,(H,11,12). The first-order valence-corrected chi connectivity index (χ1v) is 10.7. The van der Waals surface area contributed by atoms with Crippen molar-refractivity contribution < 1.29 is 4.74 Å². The fourth-order valence-electron chi connectivity index (χ4n) is 3.09. The van der Waals surface area contributed by atoms with E-state index in [1.807, 2.05) is 31.2 Å². The van der Waals surface area contributed by atoms with Gasteiger partial charge in [0.15, 0.2) is 7.28 Å². The summed E-state index contributed by atoms with van der Waals surface area (Å²) in [5, 5.41) is 0. The van der Waals surface area contributed by atoms with Crippen molar-refractivity contribution in [2.45, 2.75) is 53.3 Å². The van der Waals surface area contributed by atoms with Gasteiger partial charge in [-0.05, 0) is 50.5 Å². The van der Waals surface area contributed by atoms with Gasteiger partial charge in [0.05, 0.1) is 18.6 Å². The topological polar surface area (TPSA) is 37.9 Å². The summed E-state index contributed by atoms with van der Waals surface area (Å²) in [6.45, 7) is 9.32. The molecule has 0 amide bonds. The molecule has 0 aliphatic rings. The summed E-state index contributed by atoms with van der Waals surface area (Å²) in [4.78, 5) is 7.35. The van der Waals surface area contributed by atoms with Crippen LogP contribution in [0.3, 0.4) is 0 Å². The molecule has 1 aromatic heterocycles. The Bertz CT molecular complexity index is 814. The third-order valence-electron chi connectivity index (χ3n) is 4.75. The van der Waals surface area contributed by atoms with Crippen LogP contribution in [0.5, 0.6) is 5.75 Å². The number of nitrogens with zero attached hydrogens (tertiary/aromatic N) is 1. The lowest BCUT2D eigenvalue weighted by molar-refractivity contribution is 0.343. The first-order valence-electron chi connectivity index (χ1n) is 10.7. The van der Waals surface area contributed by atoms with Gasteiger partial charge in [-0.3, -0.25) is 0 Å². The number of ether oxygens (including phenoxy) is 1. The third kappa shape index (κ3) is 8.60. The molecule has 0 unspecified atom stereocenters. The number of benzene rings is 2. The van der Waals surface area contributed by atoms with Crippen molar-refractivity contribution in [1.82, 2.24) is 9.97 Å². The molecule has 0 saturated heterocycles. The van der Waals surface area contributed by atoms with Gasteiger partial charge in [0, 0.05) is 5.69 Å². The van der Waals surface area contributed by atoms with Gasteiger partial charge in [-0.2, -0.15) is 0 Å². The number of hydrogen-bond acceptors (Lipinski definition) is 2. The zero-order chi connectivity index (χ0) is 20.9. The second kappa shape index (κ2) is 12.9. The number of hydrogen-bond donors (Lipinski definition) is 1. The number of nitrogens with one attached hydrogen (secondary N) is 1. The van der Waals surface area contributed by atoms with Gasteiger partial charge in [-0.1, -0.05) is 74.4 Å². The van der Waals surface area contributed by atoms with E-state index in [-0.39, 0.29) is 0 Å². The van der Waals surface area contributed by atoms with Gasteiger partial charge >= 0.3 is 0 Å². The van der Waals surface area contributed by atoms with Crippen LogP contribution in [-0.2, 0) is 12.7 Å². The lowest BCUT2D eigenvalue weighted by Gasteiger charge is -2.09. The molecule has 29 heavy (non-hydrogen) atoms. The Balaban J connectivity index is 0.000000221. The summed E-state index contributed by atoms with van der Waals surface area (Å²) in [5.74, 6) is 1.77. The lowest BCUT2D eigenvalue weighted by Crippen LogP contribution is -2.19. The molecule has 2 aromatic carbocycles. The van der Waals surface area contributed by atoms with Crippen LogP contribution in [0.1, 0.15) is 50.6 Å². The average molecular weight is 389 g/mol. The normalized spacial score (nSPS) is 10.4. The zero-order valence-corrected chi connectivity index (χ0v) is 18.3. The molecule has 1 N–H and O–H groups in total. The second-order valence-corrected chi connectivity index (χ2v) is 7.62. The van der Waals surface area contributed by atoms with E-state index in [9.17, 15) is 0 Å². The van der Waals surface area contributed by atoms with E-state index >= 15 is 0 Å². The number of aromatic amines is 1. The highest BCUT2D eigenvalue weighted by Gasteiger charge is 2.04. The van der Waals surface area contributed by atoms with Crippen molar-refractivity contribution in [2.75, 3.05) is 6.61 Å². The molecule has 3 aromatic rings. The number of rotatable bonds is 9. The average Bonchev–Trinajstić information content (AvgIpc) is 3.13. The van der Waals surface area contributed by atoms with Crippen LogP contribution in [0, 0.1) is 12.8 Å². The number of aryl methyl sites for hydroxylation is 2. The summed E-state index contributed by atoms with van der Waals surface area (Å²) in [7, 11) is 2.21. The van der Waals surface area contributed by atoms with E-state index in [0.717, 1.165) is 24.4 Å². The summed E-state index contributed by atoms with van der Waals surface area (Å²) in [6, 6.07) is 18.6. The second-order valence-electron chi connectivity index (χ2n) is 7.62. The van der Waals surface area contributed by atoms with E-state index in [1.165, 1.54) is 35.3 Å². The molecule has 4 heteroatoms. The first kappa shape index (κ1) is 22.8.